The van der Waals surface area contributed by atoms with Crippen LogP contribution in [0, 0.1) is 5.41 Å². The fourth-order valence-corrected chi connectivity index (χ4v) is 4.28. The number of amidine groups is 1. The number of carbonyl (C=O) groups excluding carboxylic acids is 1. The summed E-state index contributed by atoms with van der Waals surface area (Å²) in [5.74, 6) is 1.19. The van der Waals surface area contributed by atoms with Crippen LogP contribution in [0.2, 0.25) is 0 Å². The zero-order valence-corrected chi connectivity index (χ0v) is 21.7. The fraction of sp³-hybridized carbons (Fsp3) is 0.500. The summed E-state index contributed by atoms with van der Waals surface area (Å²) >= 11 is 0. The fourth-order valence-electron chi connectivity index (χ4n) is 4.28. The Bertz CT molecular complexity index is 1060. The number of phenolic OH excluding ortho intramolecular Hbond substituents is 1. The Morgan fingerprint density at radius 1 is 1.09 bits per heavy atom. The summed E-state index contributed by atoms with van der Waals surface area (Å²) in [6, 6.07) is 9.34. The molecular formula is C28H38N2O4. The van der Waals surface area contributed by atoms with Crippen LogP contribution in [-0.4, -0.2) is 48.0 Å². The number of benzene rings is 2. The molecule has 0 radical (unpaired) electrons. The lowest BCUT2D eigenvalue weighted by Gasteiger charge is -2.28. The van der Waals surface area contributed by atoms with Crippen molar-refractivity contribution < 1.29 is 19.4 Å². The zero-order valence-electron chi connectivity index (χ0n) is 21.7. The van der Waals surface area contributed by atoms with Crippen molar-refractivity contribution >= 4 is 11.6 Å². The van der Waals surface area contributed by atoms with E-state index < -0.39 is 0 Å². The van der Waals surface area contributed by atoms with Crippen LogP contribution in [0.5, 0.6) is 11.5 Å². The van der Waals surface area contributed by atoms with E-state index >= 15 is 0 Å². The second-order valence-corrected chi connectivity index (χ2v) is 11.3. The molecule has 184 valence electrons. The zero-order chi connectivity index (χ0) is 25.4. The largest absolute Gasteiger partial charge is 0.507 e. The third-order valence-corrected chi connectivity index (χ3v) is 6.13. The van der Waals surface area contributed by atoms with Gasteiger partial charge in [-0.15, -0.1) is 0 Å². The molecule has 6 nitrogen and oxygen atoms in total. The predicted molar refractivity (Wildman–Crippen MR) is 135 cm³/mol. The molecule has 0 saturated heterocycles. The molecule has 2 N–H and O–H groups in total. The number of ether oxygens (including phenoxy) is 2. The van der Waals surface area contributed by atoms with Crippen molar-refractivity contribution in [1.29, 1.82) is 5.41 Å². The van der Waals surface area contributed by atoms with Gasteiger partial charge in [-0.3, -0.25) is 10.2 Å². The molecule has 3 rings (SSSR count). The van der Waals surface area contributed by atoms with E-state index in [4.69, 9.17) is 14.9 Å². The van der Waals surface area contributed by atoms with Crippen molar-refractivity contribution in [3.05, 3.63) is 58.1 Å². The van der Waals surface area contributed by atoms with Crippen LogP contribution < -0.4 is 4.74 Å². The summed E-state index contributed by atoms with van der Waals surface area (Å²) in [6.45, 7) is 15.2. The van der Waals surface area contributed by atoms with Gasteiger partial charge in [0.25, 0.3) is 0 Å². The van der Waals surface area contributed by atoms with Crippen LogP contribution in [-0.2, 0) is 22.1 Å². The summed E-state index contributed by atoms with van der Waals surface area (Å²) in [5.41, 5.74) is 3.24. The van der Waals surface area contributed by atoms with Crippen LogP contribution in [0.15, 0.2) is 30.3 Å². The van der Waals surface area contributed by atoms with E-state index in [0.717, 1.165) is 22.3 Å². The van der Waals surface area contributed by atoms with Crippen LogP contribution in [0.4, 0.5) is 0 Å². The molecule has 2 aromatic rings. The Hall–Kier alpha value is -2.86. The van der Waals surface area contributed by atoms with Crippen molar-refractivity contribution in [2.45, 2.75) is 71.9 Å². The number of ketones is 1. The van der Waals surface area contributed by atoms with Gasteiger partial charge in [-0.25, -0.2) is 0 Å². The van der Waals surface area contributed by atoms with Gasteiger partial charge in [0.05, 0.1) is 13.2 Å². The Labute approximate surface area is 203 Å². The molecule has 0 aromatic heterocycles. The number of fused-ring (bicyclic) bond motifs is 1. The van der Waals surface area contributed by atoms with E-state index in [9.17, 15) is 9.90 Å². The normalized spacial score (nSPS) is 14.8. The first-order chi connectivity index (χ1) is 15.7. The molecule has 2 aromatic carbocycles. The summed E-state index contributed by atoms with van der Waals surface area (Å²) < 4.78 is 11.0. The number of aromatic hydroxyl groups is 1. The first kappa shape index (κ1) is 25.8. The summed E-state index contributed by atoms with van der Waals surface area (Å²) in [7, 11) is 1.64. The SMILES string of the molecule is COCC(C)Oc1ccc2c(c1)C(=N)N(CC(=O)c1cc(C(C)(C)C)c(O)c(C(C)(C)C)c1)C2. The molecule has 1 atom stereocenters. The highest BCUT2D eigenvalue weighted by molar-refractivity contribution is 6.05. The third-order valence-electron chi connectivity index (χ3n) is 6.13. The van der Waals surface area contributed by atoms with Crippen molar-refractivity contribution in [2.75, 3.05) is 20.3 Å². The number of methoxy groups -OCH3 is 1. The molecule has 0 aliphatic carbocycles. The van der Waals surface area contributed by atoms with E-state index in [1.165, 1.54) is 0 Å². The molecule has 1 heterocycles. The molecule has 1 aliphatic heterocycles. The van der Waals surface area contributed by atoms with Gasteiger partial charge in [0.2, 0.25) is 0 Å². The highest BCUT2D eigenvalue weighted by Crippen LogP contribution is 2.40. The van der Waals surface area contributed by atoms with E-state index in [0.29, 0.717) is 30.3 Å². The maximum Gasteiger partial charge on any atom is 0.182 e. The van der Waals surface area contributed by atoms with E-state index in [1.807, 2.05) is 78.8 Å². The lowest BCUT2D eigenvalue weighted by Crippen LogP contribution is -2.30. The molecule has 1 aliphatic rings. The van der Waals surface area contributed by atoms with Crippen LogP contribution in [0.1, 0.15) is 81.1 Å². The van der Waals surface area contributed by atoms with Crippen LogP contribution >= 0.6 is 0 Å². The van der Waals surface area contributed by atoms with Gasteiger partial charge >= 0.3 is 0 Å². The molecule has 1 unspecified atom stereocenters. The van der Waals surface area contributed by atoms with Gasteiger partial charge in [0.1, 0.15) is 23.4 Å². The number of rotatable bonds is 7. The molecule has 6 heteroatoms. The van der Waals surface area contributed by atoms with Crippen molar-refractivity contribution in [2.24, 2.45) is 0 Å². The van der Waals surface area contributed by atoms with Crippen molar-refractivity contribution in [3.8, 4) is 11.5 Å². The van der Waals surface area contributed by atoms with Gasteiger partial charge in [-0.05, 0) is 47.6 Å². The molecule has 0 spiro atoms. The summed E-state index contributed by atoms with van der Waals surface area (Å²) in [5, 5.41) is 19.6. The highest BCUT2D eigenvalue weighted by atomic mass is 16.5. The van der Waals surface area contributed by atoms with Crippen molar-refractivity contribution in [3.63, 3.8) is 0 Å². The van der Waals surface area contributed by atoms with Gasteiger partial charge in [0.15, 0.2) is 5.78 Å². The number of carbonyl (C=O) groups is 1. The average molecular weight is 467 g/mol. The van der Waals surface area contributed by atoms with Gasteiger partial charge < -0.3 is 19.5 Å². The number of hydrogen-bond acceptors (Lipinski definition) is 5. The van der Waals surface area contributed by atoms with Gasteiger partial charge in [-0.1, -0.05) is 47.6 Å². The molecule has 0 amide bonds. The summed E-state index contributed by atoms with van der Waals surface area (Å²) in [4.78, 5) is 15.2. The quantitative estimate of drug-likeness (QED) is 0.532. The lowest BCUT2D eigenvalue weighted by atomic mass is 9.78. The Morgan fingerprint density at radius 2 is 1.68 bits per heavy atom. The highest BCUT2D eigenvalue weighted by Gasteiger charge is 2.30. The Kier molecular flexibility index (Phi) is 7.13. The van der Waals surface area contributed by atoms with Gasteiger partial charge in [-0.2, -0.15) is 0 Å². The number of nitrogens with one attached hydrogen (secondary N) is 1. The molecule has 0 fully saturated rings. The summed E-state index contributed by atoms with van der Waals surface area (Å²) in [6.07, 6.45) is -0.0974. The van der Waals surface area contributed by atoms with E-state index in [-0.39, 0.29) is 35.0 Å². The second-order valence-electron chi connectivity index (χ2n) is 11.3. The second kappa shape index (κ2) is 9.41. The van der Waals surface area contributed by atoms with E-state index in [2.05, 4.69) is 0 Å². The Balaban J connectivity index is 1.85. The minimum absolute atomic E-state index is 0.0706. The maximum atomic E-state index is 13.4. The first-order valence-corrected chi connectivity index (χ1v) is 11.8. The molecule has 0 saturated carbocycles. The number of hydrogen-bond donors (Lipinski definition) is 2. The molecule has 0 bridgehead atoms. The van der Waals surface area contributed by atoms with Crippen LogP contribution in [0.3, 0.4) is 0 Å². The van der Waals surface area contributed by atoms with E-state index in [1.54, 1.807) is 12.0 Å². The Morgan fingerprint density at radius 3 is 2.21 bits per heavy atom. The topological polar surface area (TPSA) is 82.9 Å². The lowest BCUT2D eigenvalue weighted by molar-refractivity contribution is 0.0920. The van der Waals surface area contributed by atoms with Gasteiger partial charge in [0, 0.05) is 35.9 Å². The average Bonchev–Trinajstić information content (AvgIpc) is 3.01. The monoisotopic (exact) mass is 466 g/mol. The smallest absolute Gasteiger partial charge is 0.182 e. The standard InChI is InChI=1S/C28H38N2O4/c1-17(16-33-8)34-20-10-9-18-14-30(26(29)21(18)13-20)15-24(31)19-11-22(27(2,3)4)25(32)23(12-19)28(5,6)7/h9-13,17,29,32H,14-16H2,1-8H3. The maximum absolute atomic E-state index is 13.4. The first-order valence-electron chi connectivity index (χ1n) is 11.8. The third kappa shape index (κ3) is 5.44. The minimum Gasteiger partial charge on any atom is -0.507 e. The number of Topliss-reactive ketones (excluding diaryl/α,β-unsaturated/α-hetero) is 1. The number of nitrogens with zero attached hydrogens (tertiary/aromatic N) is 1. The predicted octanol–water partition coefficient (Wildman–Crippen LogP) is 5.42. The number of phenols is 1. The van der Waals surface area contributed by atoms with Crippen LogP contribution in [0.25, 0.3) is 0 Å². The minimum atomic E-state index is -0.312. The molecule has 34 heavy (non-hydrogen) atoms. The van der Waals surface area contributed by atoms with Crippen molar-refractivity contribution in [1.82, 2.24) is 4.90 Å². The molecular weight excluding hydrogens is 428 g/mol.